The Hall–Kier alpha value is -1.18. The van der Waals surface area contributed by atoms with Crippen LogP contribution in [0.1, 0.15) is 108 Å². The monoisotopic (exact) mass is 685 g/mol. The molecule has 0 aromatic rings. The van der Waals surface area contributed by atoms with Crippen LogP contribution in [0.3, 0.4) is 0 Å². The second-order valence-electron chi connectivity index (χ2n) is 16.0. The van der Waals surface area contributed by atoms with Gasteiger partial charge >= 0.3 is 5.97 Å². The minimum absolute atomic E-state index is 0.0361. The summed E-state index contributed by atoms with van der Waals surface area (Å²) in [6, 6.07) is -0.173. The molecule has 11 nitrogen and oxygen atoms in total. The molecule has 3 fully saturated rings. The molecule has 48 heavy (non-hydrogen) atoms. The number of hydrogen-bond acceptors (Lipinski definition) is 11. The maximum atomic E-state index is 14.1. The van der Waals surface area contributed by atoms with E-state index in [1.165, 1.54) is 0 Å². The van der Waals surface area contributed by atoms with Gasteiger partial charge < -0.3 is 43.5 Å². The van der Waals surface area contributed by atoms with Crippen LogP contribution < -0.4 is 0 Å². The summed E-state index contributed by atoms with van der Waals surface area (Å²) in [5.41, 5.74) is -1.70. The third kappa shape index (κ3) is 9.37. The summed E-state index contributed by atoms with van der Waals surface area (Å²) in [6.07, 6.45) is -2.52. The lowest BCUT2D eigenvalue weighted by atomic mass is 9.78. The van der Waals surface area contributed by atoms with Gasteiger partial charge in [-0.15, -0.1) is 0 Å². The van der Waals surface area contributed by atoms with Crippen LogP contribution in [0.4, 0.5) is 0 Å². The number of ether oxygens (including phenoxy) is 6. The van der Waals surface area contributed by atoms with E-state index in [4.69, 9.17) is 28.4 Å². The first-order chi connectivity index (χ1) is 22.3. The number of nitrogens with zero attached hydrogens (tertiary/aromatic N) is 1. The van der Waals surface area contributed by atoms with Crippen molar-refractivity contribution in [1.29, 1.82) is 0 Å². The minimum Gasteiger partial charge on any atom is -0.459 e. The van der Waals surface area contributed by atoms with Crippen molar-refractivity contribution in [2.75, 3.05) is 21.2 Å². The smallest absolute Gasteiger partial charge is 0.311 e. The number of cyclic esters (lactones) is 1. The molecular weight excluding hydrogens is 618 g/mol. The molecule has 3 heterocycles. The second kappa shape index (κ2) is 16.9. The van der Waals surface area contributed by atoms with Crippen LogP contribution in [0.25, 0.3) is 0 Å². The van der Waals surface area contributed by atoms with E-state index in [-0.39, 0.29) is 42.1 Å². The molecule has 3 aliphatic rings. The number of hydrogen-bond donors (Lipinski definition) is 2. The van der Waals surface area contributed by atoms with Crippen molar-refractivity contribution in [3.8, 4) is 0 Å². The van der Waals surface area contributed by atoms with Crippen LogP contribution >= 0.6 is 0 Å². The zero-order chi connectivity index (χ0) is 36.3. The molecule has 0 aromatic heterocycles. The normalized spacial score (nSPS) is 47.4. The van der Waals surface area contributed by atoms with E-state index in [1.807, 2.05) is 81.3 Å². The van der Waals surface area contributed by atoms with Gasteiger partial charge in [-0.2, -0.15) is 0 Å². The van der Waals surface area contributed by atoms with Gasteiger partial charge in [0, 0.05) is 37.8 Å². The predicted octanol–water partition coefficient (Wildman–Crippen LogP) is 4.73. The van der Waals surface area contributed by atoms with E-state index in [2.05, 4.69) is 0 Å². The average Bonchev–Trinajstić information content (AvgIpc) is 3.03. The largest absolute Gasteiger partial charge is 0.459 e. The summed E-state index contributed by atoms with van der Waals surface area (Å²) in [4.78, 5) is 29.6. The number of esters is 1. The lowest BCUT2D eigenvalue weighted by molar-refractivity contribution is -0.309. The summed E-state index contributed by atoms with van der Waals surface area (Å²) in [6.45, 7) is 19.4. The average molecular weight is 686 g/mol. The number of rotatable bonds is 7. The Morgan fingerprint density at radius 3 is 2.17 bits per heavy atom. The lowest BCUT2D eigenvalue weighted by Gasteiger charge is -2.47. The molecule has 0 saturated carbocycles. The van der Waals surface area contributed by atoms with Crippen LogP contribution in [-0.4, -0.2) is 115 Å². The molecule has 280 valence electrons. The summed E-state index contributed by atoms with van der Waals surface area (Å²) in [7, 11) is 5.42. The van der Waals surface area contributed by atoms with Gasteiger partial charge in [-0.25, -0.2) is 0 Å². The first-order valence-corrected chi connectivity index (χ1v) is 18.2. The third-order valence-corrected chi connectivity index (χ3v) is 12.0. The minimum atomic E-state index is -0.927. The standard InChI is InChI=1S/C37H67NO10/c1-14-36(9)22(4)15-16-28(39)20(2)17-21(3)31(47-35-30(40)27(38(11)12)18-23(5)44-35)24(6)32(25(7)34(42)48-36)46-29-19-37(10,43-13)33(41)26(8)45-29/h20-27,29-33,35,40-41H,14-19H2,1-13H3/t20-,21+,22-,23?,24-,25-,26?,27?,29+,30?,31+,32+,33+,35+,36-,37?/m1/s1. The molecule has 5 unspecified atom stereocenters. The Balaban J connectivity index is 2.09. The highest BCUT2D eigenvalue weighted by Crippen LogP contribution is 2.40. The van der Waals surface area contributed by atoms with E-state index in [0.717, 1.165) is 0 Å². The maximum Gasteiger partial charge on any atom is 0.311 e. The Bertz CT molecular complexity index is 1060. The summed E-state index contributed by atoms with van der Waals surface area (Å²) < 4.78 is 38.1. The number of Topliss-reactive ketones (excluding diaryl/α,β-unsaturated/α-hetero) is 1. The van der Waals surface area contributed by atoms with Gasteiger partial charge in [-0.1, -0.05) is 34.6 Å². The van der Waals surface area contributed by atoms with Crippen LogP contribution in [0, 0.1) is 29.6 Å². The van der Waals surface area contributed by atoms with Gasteiger partial charge in [-0.05, 0) is 86.2 Å². The van der Waals surface area contributed by atoms with E-state index in [9.17, 15) is 19.8 Å². The fourth-order valence-electron chi connectivity index (χ4n) is 7.95. The fourth-order valence-corrected chi connectivity index (χ4v) is 7.95. The third-order valence-electron chi connectivity index (χ3n) is 12.0. The van der Waals surface area contributed by atoms with Gasteiger partial charge in [0.15, 0.2) is 12.6 Å². The topological polar surface area (TPSA) is 133 Å². The molecule has 11 heteroatoms. The van der Waals surface area contributed by atoms with E-state index in [1.54, 1.807) is 14.0 Å². The van der Waals surface area contributed by atoms with Crippen molar-refractivity contribution in [2.24, 2.45) is 29.6 Å². The van der Waals surface area contributed by atoms with Gasteiger partial charge in [0.1, 0.15) is 23.6 Å². The van der Waals surface area contributed by atoms with Gasteiger partial charge in [-0.3, -0.25) is 9.59 Å². The Labute approximate surface area is 289 Å². The van der Waals surface area contributed by atoms with Gasteiger partial charge in [0.25, 0.3) is 0 Å². The molecule has 0 spiro atoms. The highest BCUT2D eigenvalue weighted by molar-refractivity contribution is 5.80. The number of carbonyl (C=O) groups is 2. The zero-order valence-corrected chi connectivity index (χ0v) is 31.9. The Kier molecular flexibility index (Phi) is 14.5. The SMILES string of the molecule is CC[C@@]1(C)OC(=O)[C@H](C)[C@@H](O[C@H]2CC(C)(OC)[C@@H](O)C(C)O2)[C@H](C)[C@@H](O[C@@H]2OC(C)CC(N(C)C)C2O)[C@@H](C)C[C@@H](C)C(=O)CC[C@H]1C. The second-order valence-corrected chi connectivity index (χ2v) is 16.0. The summed E-state index contributed by atoms with van der Waals surface area (Å²) in [5, 5.41) is 22.3. The molecule has 3 rings (SSSR count). The van der Waals surface area contributed by atoms with E-state index >= 15 is 0 Å². The van der Waals surface area contributed by atoms with Crippen molar-refractivity contribution in [2.45, 2.75) is 174 Å². The molecule has 2 N–H and O–H groups in total. The van der Waals surface area contributed by atoms with Crippen LogP contribution in [0.2, 0.25) is 0 Å². The van der Waals surface area contributed by atoms with Crippen molar-refractivity contribution in [3.63, 3.8) is 0 Å². The van der Waals surface area contributed by atoms with Crippen LogP contribution in [0.5, 0.6) is 0 Å². The molecule has 0 bridgehead atoms. The summed E-state index contributed by atoms with van der Waals surface area (Å²) in [5.74, 6) is -1.84. The number of likely N-dealkylation sites (N-methyl/N-ethyl adjacent to an activating group) is 1. The van der Waals surface area contributed by atoms with Gasteiger partial charge in [0.2, 0.25) is 0 Å². The molecule has 0 aliphatic carbocycles. The van der Waals surface area contributed by atoms with Crippen molar-refractivity contribution < 1.29 is 48.2 Å². The molecule has 3 saturated heterocycles. The molecule has 0 amide bonds. The molecule has 3 aliphatic heterocycles. The molecule has 0 aromatic carbocycles. The molecule has 0 radical (unpaired) electrons. The van der Waals surface area contributed by atoms with Crippen LogP contribution in [-0.2, 0) is 38.0 Å². The lowest BCUT2D eigenvalue weighted by Crippen LogP contribution is -2.58. The highest BCUT2D eigenvalue weighted by Gasteiger charge is 2.50. The Morgan fingerprint density at radius 1 is 0.938 bits per heavy atom. The van der Waals surface area contributed by atoms with E-state index < -0.39 is 72.1 Å². The maximum absolute atomic E-state index is 14.1. The molecular formula is C37H67NO10. The number of aliphatic hydroxyl groups is 2. The zero-order valence-electron chi connectivity index (χ0n) is 31.9. The Morgan fingerprint density at radius 2 is 1.58 bits per heavy atom. The number of ketones is 1. The quantitative estimate of drug-likeness (QED) is 0.361. The first-order valence-electron chi connectivity index (χ1n) is 18.2. The van der Waals surface area contributed by atoms with E-state index in [0.29, 0.717) is 32.1 Å². The van der Waals surface area contributed by atoms with Crippen molar-refractivity contribution in [3.05, 3.63) is 0 Å². The highest BCUT2D eigenvalue weighted by atomic mass is 16.7. The number of carbonyl (C=O) groups excluding carboxylic acids is 2. The van der Waals surface area contributed by atoms with Crippen molar-refractivity contribution >= 4 is 11.8 Å². The van der Waals surface area contributed by atoms with Crippen molar-refractivity contribution in [1.82, 2.24) is 4.90 Å². The van der Waals surface area contributed by atoms with Gasteiger partial charge in [0.05, 0.1) is 35.9 Å². The molecule has 16 atom stereocenters. The summed E-state index contributed by atoms with van der Waals surface area (Å²) >= 11 is 0. The number of methoxy groups -OCH3 is 1. The number of aliphatic hydroxyl groups excluding tert-OH is 2. The van der Waals surface area contributed by atoms with Crippen LogP contribution in [0.15, 0.2) is 0 Å². The fraction of sp³-hybridized carbons (Fsp3) is 0.946. The first kappa shape index (κ1) is 41.2. The predicted molar refractivity (Wildman–Crippen MR) is 182 cm³/mol.